The number of rotatable bonds is 7. The molecule has 33 heavy (non-hydrogen) atoms. The molecule has 2 heterocycles. The molecule has 0 aliphatic heterocycles. The molecule has 0 atom stereocenters. The number of amides is 1. The number of nitrogen functional groups attached to an aromatic ring is 1. The SMILES string of the molecule is Nc1nccc(-c2ncn(CCN(C(=O)Cc3cccc4ccccc34)C3CCCC3)n2)n1. The summed E-state index contributed by atoms with van der Waals surface area (Å²) in [7, 11) is 0. The zero-order valence-electron chi connectivity index (χ0n) is 18.5. The van der Waals surface area contributed by atoms with E-state index in [0.29, 0.717) is 31.0 Å². The third-order valence-electron chi connectivity index (χ3n) is 6.32. The Morgan fingerprint density at radius 1 is 1.06 bits per heavy atom. The molecular weight excluding hydrogens is 414 g/mol. The first-order chi connectivity index (χ1) is 16.2. The van der Waals surface area contributed by atoms with Gasteiger partial charge < -0.3 is 10.6 Å². The van der Waals surface area contributed by atoms with Crippen LogP contribution >= 0.6 is 0 Å². The molecule has 1 saturated carbocycles. The number of carbonyl (C=O) groups excluding carboxylic acids is 1. The number of hydrogen-bond acceptors (Lipinski definition) is 6. The lowest BCUT2D eigenvalue weighted by atomic mass is 10.0. The lowest BCUT2D eigenvalue weighted by Crippen LogP contribution is -2.41. The molecule has 2 aromatic carbocycles. The van der Waals surface area contributed by atoms with Gasteiger partial charge in [0.15, 0.2) is 5.82 Å². The van der Waals surface area contributed by atoms with Gasteiger partial charge in [-0.05, 0) is 35.2 Å². The Morgan fingerprint density at radius 3 is 2.73 bits per heavy atom. The van der Waals surface area contributed by atoms with Crippen molar-refractivity contribution in [2.45, 2.75) is 44.7 Å². The van der Waals surface area contributed by atoms with Gasteiger partial charge in [-0.3, -0.25) is 9.48 Å². The fourth-order valence-corrected chi connectivity index (χ4v) is 4.67. The van der Waals surface area contributed by atoms with Crippen LogP contribution in [-0.2, 0) is 17.8 Å². The molecule has 1 fully saturated rings. The van der Waals surface area contributed by atoms with E-state index in [-0.39, 0.29) is 17.9 Å². The normalized spacial score (nSPS) is 14.1. The Labute approximate surface area is 192 Å². The molecule has 5 rings (SSSR count). The van der Waals surface area contributed by atoms with Crippen molar-refractivity contribution in [3.63, 3.8) is 0 Å². The number of aromatic nitrogens is 5. The number of hydrogen-bond donors (Lipinski definition) is 1. The van der Waals surface area contributed by atoms with Gasteiger partial charge in [0.1, 0.15) is 12.0 Å². The molecule has 1 aliphatic carbocycles. The number of nitrogens with two attached hydrogens (primary N) is 1. The fraction of sp³-hybridized carbons (Fsp3) is 0.320. The average Bonchev–Trinajstić information content (AvgIpc) is 3.52. The molecule has 1 amide bonds. The molecule has 0 bridgehead atoms. The van der Waals surface area contributed by atoms with Crippen molar-refractivity contribution in [1.82, 2.24) is 29.6 Å². The first-order valence-electron chi connectivity index (χ1n) is 11.4. The van der Waals surface area contributed by atoms with Gasteiger partial charge >= 0.3 is 0 Å². The molecular formula is C25H27N7O. The van der Waals surface area contributed by atoms with Gasteiger partial charge in [-0.2, -0.15) is 0 Å². The van der Waals surface area contributed by atoms with Crippen LogP contribution in [0.15, 0.2) is 61.1 Å². The maximum Gasteiger partial charge on any atom is 0.227 e. The summed E-state index contributed by atoms with van der Waals surface area (Å²) in [6.07, 6.45) is 8.13. The predicted octanol–water partition coefficient (Wildman–Crippen LogP) is 3.48. The zero-order valence-corrected chi connectivity index (χ0v) is 18.5. The lowest BCUT2D eigenvalue weighted by molar-refractivity contribution is -0.132. The van der Waals surface area contributed by atoms with Crippen molar-refractivity contribution in [1.29, 1.82) is 0 Å². The van der Waals surface area contributed by atoms with Crippen LogP contribution in [0.2, 0.25) is 0 Å². The minimum atomic E-state index is 0.169. The molecule has 8 heteroatoms. The summed E-state index contributed by atoms with van der Waals surface area (Å²) in [4.78, 5) is 28.0. The van der Waals surface area contributed by atoms with Crippen LogP contribution in [0.1, 0.15) is 31.2 Å². The average molecular weight is 442 g/mol. The van der Waals surface area contributed by atoms with Crippen molar-refractivity contribution in [2.24, 2.45) is 0 Å². The van der Waals surface area contributed by atoms with E-state index in [1.807, 2.05) is 18.2 Å². The number of nitrogens with zero attached hydrogens (tertiary/aromatic N) is 6. The monoisotopic (exact) mass is 441 g/mol. The summed E-state index contributed by atoms with van der Waals surface area (Å²) in [5.74, 6) is 0.857. The van der Waals surface area contributed by atoms with Gasteiger partial charge in [0.05, 0.1) is 13.0 Å². The summed E-state index contributed by atoms with van der Waals surface area (Å²) in [6, 6.07) is 16.4. The van der Waals surface area contributed by atoms with Gasteiger partial charge in [-0.15, -0.1) is 5.10 Å². The van der Waals surface area contributed by atoms with Gasteiger partial charge in [0.2, 0.25) is 11.9 Å². The van der Waals surface area contributed by atoms with E-state index in [2.05, 4.69) is 49.2 Å². The lowest BCUT2D eigenvalue weighted by Gasteiger charge is -2.29. The number of carbonyl (C=O) groups is 1. The van der Waals surface area contributed by atoms with Crippen LogP contribution in [0.5, 0.6) is 0 Å². The Hall–Kier alpha value is -3.81. The quantitative estimate of drug-likeness (QED) is 0.471. The molecule has 8 nitrogen and oxygen atoms in total. The molecule has 0 saturated heterocycles. The highest BCUT2D eigenvalue weighted by atomic mass is 16.2. The van der Waals surface area contributed by atoms with Crippen LogP contribution in [0, 0.1) is 0 Å². The van der Waals surface area contributed by atoms with E-state index in [4.69, 9.17) is 5.73 Å². The molecule has 0 radical (unpaired) electrons. The third kappa shape index (κ3) is 4.69. The van der Waals surface area contributed by atoms with Crippen LogP contribution in [0.25, 0.3) is 22.3 Å². The van der Waals surface area contributed by atoms with Crippen molar-refractivity contribution in [3.8, 4) is 11.5 Å². The molecule has 1 aliphatic rings. The first kappa shape index (κ1) is 21.1. The summed E-state index contributed by atoms with van der Waals surface area (Å²) in [5.41, 5.74) is 7.33. The second kappa shape index (κ2) is 9.36. The second-order valence-corrected chi connectivity index (χ2v) is 8.47. The van der Waals surface area contributed by atoms with Gasteiger partial charge in [0.25, 0.3) is 0 Å². The van der Waals surface area contributed by atoms with E-state index < -0.39 is 0 Å². The standard InChI is InChI=1S/C25H27N7O/c26-25-27-13-12-22(29-25)24-28-17-31(30-24)14-15-32(20-9-2-3-10-20)23(33)16-19-8-5-7-18-6-1-4-11-21(18)19/h1,4-8,11-13,17,20H,2-3,9-10,14-16H2,(H2,26,27,29). The smallest absolute Gasteiger partial charge is 0.227 e. The van der Waals surface area contributed by atoms with E-state index >= 15 is 0 Å². The predicted molar refractivity (Wildman–Crippen MR) is 127 cm³/mol. The molecule has 2 N–H and O–H groups in total. The summed E-state index contributed by atoms with van der Waals surface area (Å²) in [6.45, 7) is 1.17. The highest BCUT2D eigenvalue weighted by Gasteiger charge is 2.27. The topological polar surface area (TPSA) is 103 Å². The van der Waals surface area contributed by atoms with Gasteiger partial charge in [-0.25, -0.2) is 15.0 Å². The molecule has 2 aromatic heterocycles. The van der Waals surface area contributed by atoms with Gasteiger partial charge in [0, 0.05) is 18.8 Å². The molecule has 0 spiro atoms. The molecule has 168 valence electrons. The maximum atomic E-state index is 13.5. The largest absolute Gasteiger partial charge is 0.368 e. The van der Waals surface area contributed by atoms with E-state index in [1.54, 1.807) is 23.3 Å². The highest BCUT2D eigenvalue weighted by Crippen LogP contribution is 2.25. The Bertz CT molecular complexity index is 1260. The van der Waals surface area contributed by atoms with Crippen molar-refractivity contribution >= 4 is 22.6 Å². The van der Waals surface area contributed by atoms with Crippen LogP contribution in [0.4, 0.5) is 5.95 Å². The zero-order chi connectivity index (χ0) is 22.6. The summed E-state index contributed by atoms with van der Waals surface area (Å²) >= 11 is 0. The fourth-order valence-electron chi connectivity index (χ4n) is 4.67. The highest BCUT2D eigenvalue weighted by molar-refractivity contribution is 5.90. The second-order valence-electron chi connectivity index (χ2n) is 8.47. The first-order valence-corrected chi connectivity index (χ1v) is 11.4. The Kier molecular flexibility index (Phi) is 5.97. The molecule has 4 aromatic rings. The number of anilines is 1. The van der Waals surface area contributed by atoms with Crippen LogP contribution in [-0.4, -0.2) is 48.1 Å². The Morgan fingerprint density at radius 2 is 1.88 bits per heavy atom. The van der Waals surface area contributed by atoms with E-state index in [0.717, 1.165) is 29.2 Å². The van der Waals surface area contributed by atoms with Crippen molar-refractivity contribution in [3.05, 3.63) is 66.6 Å². The minimum absolute atomic E-state index is 0.169. The van der Waals surface area contributed by atoms with E-state index in [9.17, 15) is 4.79 Å². The number of fused-ring (bicyclic) bond motifs is 1. The van der Waals surface area contributed by atoms with Crippen molar-refractivity contribution < 1.29 is 4.79 Å². The Balaban J connectivity index is 1.32. The molecule has 0 unspecified atom stereocenters. The third-order valence-corrected chi connectivity index (χ3v) is 6.32. The number of benzene rings is 2. The maximum absolute atomic E-state index is 13.5. The van der Waals surface area contributed by atoms with Crippen LogP contribution < -0.4 is 5.73 Å². The minimum Gasteiger partial charge on any atom is -0.368 e. The van der Waals surface area contributed by atoms with Crippen LogP contribution in [0.3, 0.4) is 0 Å². The van der Waals surface area contributed by atoms with Gasteiger partial charge in [-0.1, -0.05) is 55.3 Å². The summed E-state index contributed by atoms with van der Waals surface area (Å²) in [5, 5.41) is 6.83. The van der Waals surface area contributed by atoms with E-state index in [1.165, 1.54) is 12.8 Å². The van der Waals surface area contributed by atoms with Crippen molar-refractivity contribution in [2.75, 3.05) is 12.3 Å². The summed E-state index contributed by atoms with van der Waals surface area (Å²) < 4.78 is 1.76.